The van der Waals surface area contributed by atoms with Crippen LogP contribution in [0.25, 0.3) is 0 Å². The van der Waals surface area contributed by atoms with E-state index in [2.05, 4.69) is 15.2 Å². The van der Waals surface area contributed by atoms with Crippen molar-refractivity contribution in [3.8, 4) is 6.07 Å². The average molecular weight is 505 g/mol. The number of carboxylic acid groups (broad SMARTS) is 1. The predicted octanol–water partition coefficient (Wildman–Crippen LogP) is 2.68. The molecule has 5 rings (SSSR count). The number of nitrogens with zero attached hydrogens (tertiary/aromatic N) is 4. The summed E-state index contributed by atoms with van der Waals surface area (Å²) in [6, 6.07) is 4.29. The van der Waals surface area contributed by atoms with Crippen LogP contribution >= 0.6 is 0 Å². The molecule has 4 fully saturated rings. The molecule has 2 saturated carbocycles. The molecule has 2 saturated heterocycles. The Bertz CT molecular complexity index is 977. The van der Waals surface area contributed by atoms with Crippen molar-refractivity contribution < 1.29 is 23.5 Å². The van der Waals surface area contributed by atoms with Gasteiger partial charge in [-0.3, -0.25) is 9.78 Å². The van der Waals surface area contributed by atoms with Gasteiger partial charge in [-0.15, -0.1) is 0 Å². The van der Waals surface area contributed by atoms with E-state index in [4.69, 9.17) is 16.1 Å². The van der Waals surface area contributed by atoms with Crippen molar-refractivity contribution in [2.24, 2.45) is 11.1 Å². The molecule has 9 nitrogen and oxygen atoms in total. The molecule has 1 aromatic heterocycles. The smallest absolute Gasteiger partial charge is 0.407 e. The van der Waals surface area contributed by atoms with Crippen molar-refractivity contribution in [3.63, 3.8) is 0 Å². The molecule has 3 heterocycles. The predicted molar refractivity (Wildman–Crippen MR) is 127 cm³/mol. The topological polar surface area (TPSA) is 136 Å². The maximum atomic E-state index is 13.9. The van der Waals surface area contributed by atoms with E-state index in [0.29, 0.717) is 18.3 Å². The zero-order valence-electron chi connectivity index (χ0n) is 20.3. The minimum Gasteiger partial charge on any atom is -0.465 e. The van der Waals surface area contributed by atoms with Gasteiger partial charge in [0.2, 0.25) is 5.91 Å². The summed E-state index contributed by atoms with van der Waals surface area (Å²) >= 11 is 0. The van der Waals surface area contributed by atoms with Crippen LogP contribution in [0.3, 0.4) is 0 Å². The standard InChI is InChI=1S/C14H16F2N4O.C11H18N2O2/c15-14(16,10-2-7-19-8-3-10)4-1-11(18)12(21)20-13(9-17)5-6-13;14-10(15)13-7-11(8-13)3-5-12(6-4-11)9-1-2-9/h2-3,7-8,11H,1,4-6,18H2,(H,20,21);9H,1-8H2,(H,14,15)/t11-;/m0./s1. The summed E-state index contributed by atoms with van der Waals surface area (Å²) in [6.45, 7) is 3.94. The number of likely N-dealkylation sites (tertiary alicyclic amines) is 2. The van der Waals surface area contributed by atoms with E-state index in [1.165, 1.54) is 63.3 Å². The van der Waals surface area contributed by atoms with Gasteiger partial charge in [-0.2, -0.15) is 5.26 Å². The van der Waals surface area contributed by atoms with Gasteiger partial charge in [0.1, 0.15) is 5.54 Å². The number of rotatable bonds is 7. The fourth-order valence-electron chi connectivity index (χ4n) is 4.94. The van der Waals surface area contributed by atoms with Gasteiger partial charge in [-0.25, -0.2) is 13.6 Å². The van der Waals surface area contributed by atoms with E-state index in [1.54, 1.807) is 4.90 Å². The van der Waals surface area contributed by atoms with Gasteiger partial charge >= 0.3 is 6.09 Å². The zero-order chi connectivity index (χ0) is 26.0. The van der Waals surface area contributed by atoms with E-state index < -0.39 is 35.9 Å². The fourth-order valence-corrected chi connectivity index (χ4v) is 4.94. The van der Waals surface area contributed by atoms with Gasteiger partial charge in [0.15, 0.2) is 0 Å². The molecule has 2 aliphatic heterocycles. The summed E-state index contributed by atoms with van der Waals surface area (Å²) in [6.07, 6.45) is 7.46. The summed E-state index contributed by atoms with van der Waals surface area (Å²) in [4.78, 5) is 30.3. The summed E-state index contributed by atoms with van der Waals surface area (Å²) < 4.78 is 27.9. The highest BCUT2D eigenvalue weighted by atomic mass is 19.3. The van der Waals surface area contributed by atoms with E-state index in [9.17, 15) is 18.4 Å². The third kappa shape index (κ3) is 6.28. The Morgan fingerprint density at radius 3 is 2.33 bits per heavy atom. The molecule has 11 heteroatoms. The lowest BCUT2D eigenvalue weighted by Crippen LogP contribution is -2.61. The van der Waals surface area contributed by atoms with Crippen molar-refractivity contribution >= 4 is 12.0 Å². The van der Waals surface area contributed by atoms with Crippen molar-refractivity contribution in [3.05, 3.63) is 30.1 Å². The molecule has 0 aromatic carbocycles. The number of carbonyl (C=O) groups excluding carboxylic acids is 1. The zero-order valence-corrected chi connectivity index (χ0v) is 20.3. The minimum atomic E-state index is -3.06. The molecule has 2 aliphatic carbocycles. The average Bonchev–Trinajstić information content (AvgIpc) is 3.78. The Morgan fingerprint density at radius 1 is 1.22 bits per heavy atom. The first-order valence-corrected chi connectivity index (χ1v) is 12.6. The second kappa shape index (κ2) is 10.3. The van der Waals surface area contributed by atoms with Gasteiger partial charge < -0.3 is 26.0 Å². The van der Waals surface area contributed by atoms with Gasteiger partial charge in [0, 0.05) is 48.9 Å². The van der Waals surface area contributed by atoms with Crippen LogP contribution in [-0.4, -0.2) is 75.7 Å². The summed E-state index contributed by atoms with van der Waals surface area (Å²) in [7, 11) is 0. The number of hydrogen-bond acceptors (Lipinski definition) is 6. The van der Waals surface area contributed by atoms with Crippen molar-refractivity contribution in [2.75, 3.05) is 26.2 Å². The summed E-state index contributed by atoms with van der Waals surface area (Å²) in [5.74, 6) is -3.62. The van der Waals surface area contributed by atoms with Gasteiger partial charge in [-0.1, -0.05) is 0 Å². The quantitative estimate of drug-likeness (QED) is 0.519. The first-order valence-electron chi connectivity index (χ1n) is 12.6. The number of halogens is 2. The Kier molecular flexibility index (Phi) is 7.48. The number of aromatic nitrogens is 1. The summed E-state index contributed by atoms with van der Waals surface area (Å²) in [5.41, 5.74) is 4.99. The molecule has 36 heavy (non-hydrogen) atoms. The van der Waals surface area contributed by atoms with Gasteiger partial charge in [-0.05, 0) is 70.2 Å². The maximum Gasteiger partial charge on any atom is 0.407 e. The maximum absolute atomic E-state index is 13.9. The second-order valence-corrected chi connectivity index (χ2v) is 10.7. The Hall–Kier alpha value is -2.84. The number of pyridine rings is 1. The monoisotopic (exact) mass is 504 g/mol. The number of nitriles is 1. The van der Waals surface area contributed by atoms with Crippen LogP contribution in [0.4, 0.5) is 13.6 Å². The molecule has 1 aromatic rings. The SMILES string of the molecule is N#CC1(NC(=O)[C@@H](N)CCC(F)(F)c2ccncc2)CC1.O=C(O)N1CC2(CCN(C3CC3)CC2)C1. The first kappa shape index (κ1) is 26.2. The third-order valence-electron chi connectivity index (χ3n) is 7.78. The first-order chi connectivity index (χ1) is 17.1. The largest absolute Gasteiger partial charge is 0.465 e. The van der Waals surface area contributed by atoms with Crippen LogP contribution in [0.2, 0.25) is 0 Å². The Labute approximate surface area is 209 Å². The molecule has 4 aliphatic rings. The number of hydrogen-bond donors (Lipinski definition) is 3. The molecular weight excluding hydrogens is 470 g/mol. The van der Waals surface area contributed by atoms with Crippen LogP contribution in [0.5, 0.6) is 0 Å². The highest BCUT2D eigenvalue weighted by Gasteiger charge is 2.48. The normalized spacial score (nSPS) is 22.9. The van der Waals surface area contributed by atoms with E-state index in [1.807, 2.05) is 6.07 Å². The number of amides is 2. The van der Waals surface area contributed by atoms with E-state index >= 15 is 0 Å². The lowest BCUT2D eigenvalue weighted by Gasteiger charge is -2.53. The van der Waals surface area contributed by atoms with E-state index in [0.717, 1.165) is 19.1 Å². The van der Waals surface area contributed by atoms with Crippen LogP contribution in [0, 0.1) is 16.7 Å². The van der Waals surface area contributed by atoms with Crippen molar-refractivity contribution in [2.45, 2.75) is 74.9 Å². The molecule has 1 spiro atoms. The number of alkyl halides is 2. The molecule has 4 N–H and O–H groups in total. The molecule has 2 amide bonds. The van der Waals surface area contributed by atoms with Crippen molar-refractivity contribution in [1.29, 1.82) is 5.26 Å². The molecular formula is C25H34F2N6O3. The molecule has 0 unspecified atom stereocenters. The Morgan fingerprint density at radius 2 is 1.83 bits per heavy atom. The minimum absolute atomic E-state index is 0.152. The fraction of sp³-hybridized carbons (Fsp3) is 0.680. The van der Waals surface area contributed by atoms with Crippen LogP contribution in [0.1, 0.15) is 56.9 Å². The lowest BCUT2D eigenvalue weighted by atomic mass is 9.72. The summed E-state index contributed by atoms with van der Waals surface area (Å²) in [5, 5.41) is 20.2. The van der Waals surface area contributed by atoms with Gasteiger partial charge in [0.05, 0.1) is 12.1 Å². The highest BCUT2D eigenvalue weighted by molar-refractivity contribution is 5.83. The lowest BCUT2D eigenvalue weighted by molar-refractivity contribution is -0.123. The second-order valence-electron chi connectivity index (χ2n) is 10.7. The van der Waals surface area contributed by atoms with Crippen LogP contribution < -0.4 is 11.1 Å². The number of nitrogens with one attached hydrogen (secondary N) is 1. The number of nitrogens with two attached hydrogens (primary N) is 1. The van der Waals surface area contributed by atoms with Crippen LogP contribution in [-0.2, 0) is 10.7 Å². The van der Waals surface area contributed by atoms with Crippen LogP contribution in [0.15, 0.2) is 24.5 Å². The van der Waals surface area contributed by atoms with Gasteiger partial charge in [0.25, 0.3) is 5.92 Å². The highest BCUT2D eigenvalue weighted by Crippen LogP contribution is 2.42. The number of piperidine rings is 1. The van der Waals surface area contributed by atoms with E-state index in [-0.39, 0.29) is 12.0 Å². The third-order valence-corrected chi connectivity index (χ3v) is 7.78. The number of carbonyl (C=O) groups is 2. The molecule has 196 valence electrons. The Balaban J connectivity index is 0.000000178. The van der Waals surface area contributed by atoms with Crippen molar-refractivity contribution in [1.82, 2.24) is 20.1 Å². The molecule has 0 radical (unpaired) electrons. The molecule has 1 atom stereocenters. The molecule has 0 bridgehead atoms.